The van der Waals surface area contributed by atoms with Gasteiger partial charge >= 0.3 is 0 Å². The summed E-state index contributed by atoms with van der Waals surface area (Å²) in [5, 5.41) is 3.14. The standard InChI is InChI=1S/C15H20BrN3O/c1-9-10(2)12(20-5)7-6-11(9)14-15(16)18-13(8-17-3)19(14)4/h6-7,17H,8H2,1-5H3. The van der Waals surface area contributed by atoms with Crippen LogP contribution >= 0.6 is 15.9 Å². The highest BCUT2D eigenvalue weighted by Gasteiger charge is 2.17. The van der Waals surface area contributed by atoms with Crippen molar-refractivity contribution in [3.05, 3.63) is 33.7 Å². The normalized spacial score (nSPS) is 10.9. The van der Waals surface area contributed by atoms with Gasteiger partial charge in [0.05, 0.1) is 19.3 Å². The van der Waals surface area contributed by atoms with Crippen LogP contribution in [-0.4, -0.2) is 23.7 Å². The maximum atomic E-state index is 5.38. The Morgan fingerprint density at radius 3 is 2.60 bits per heavy atom. The van der Waals surface area contributed by atoms with Crippen molar-refractivity contribution in [1.29, 1.82) is 0 Å². The Morgan fingerprint density at radius 2 is 2.00 bits per heavy atom. The van der Waals surface area contributed by atoms with Gasteiger partial charge in [-0.25, -0.2) is 4.98 Å². The predicted molar refractivity (Wildman–Crippen MR) is 85.1 cm³/mol. The zero-order valence-corrected chi connectivity index (χ0v) is 14.1. The zero-order valence-electron chi connectivity index (χ0n) is 12.5. The van der Waals surface area contributed by atoms with Gasteiger partial charge in [-0.2, -0.15) is 0 Å². The van der Waals surface area contributed by atoms with Crippen LogP contribution in [0.2, 0.25) is 0 Å². The first-order valence-electron chi connectivity index (χ1n) is 6.51. The van der Waals surface area contributed by atoms with Gasteiger partial charge in [0.25, 0.3) is 0 Å². The summed E-state index contributed by atoms with van der Waals surface area (Å²) in [5.74, 6) is 1.92. The molecule has 0 aliphatic carbocycles. The number of rotatable bonds is 4. The van der Waals surface area contributed by atoms with E-state index in [1.54, 1.807) is 7.11 Å². The maximum Gasteiger partial charge on any atom is 0.132 e. The number of hydrogen-bond acceptors (Lipinski definition) is 3. The van der Waals surface area contributed by atoms with Crippen LogP contribution in [0.15, 0.2) is 16.7 Å². The van der Waals surface area contributed by atoms with Crippen LogP contribution in [0.5, 0.6) is 5.75 Å². The van der Waals surface area contributed by atoms with Crippen molar-refractivity contribution in [2.45, 2.75) is 20.4 Å². The van der Waals surface area contributed by atoms with Crippen LogP contribution in [0.4, 0.5) is 0 Å². The molecule has 0 unspecified atom stereocenters. The number of ether oxygens (including phenoxy) is 1. The summed E-state index contributed by atoms with van der Waals surface area (Å²) in [7, 11) is 5.66. The largest absolute Gasteiger partial charge is 0.496 e. The third kappa shape index (κ3) is 2.47. The van der Waals surface area contributed by atoms with E-state index in [9.17, 15) is 0 Å². The first-order valence-corrected chi connectivity index (χ1v) is 7.30. The molecule has 1 aromatic heterocycles. The summed E-state index contributed by atoms with van der Waals surface area (Å²) < 4.78 is 8.37. The summed E-state index contributed by atoms with van der Waals surface area (Å²) in [6.07, 6.45) is 0. The molecule has 4 nitrogen and oxygen atoms in total. The Morgan fingerprint density at radius 1 is 1.30 bits per heavy atom. The van der Waals surface area contributed by atoms with Gasteiger partial charge in [-0.1, -0.05) is 0 Å². The van der Waals surface area contributed by atoms with Gasteiger partial charge in [-0.15, -0.1) is 0 Å². The number of hydrogen-bond donors (Lipinski definition) is 1. The molecule has 0 spiro atoms. The Bertz CT molecular complexity index is 635. The van der Waals surface area contributed by atoms with E-state index in [4.69, 9.17) is 4.74 Å². The summed E-state index contributed by atoms with van der Waals surface area (Å²) >= 11 is 3.58. The lowest BCUT2D eigenvalue weighted by Gasteiger charge is -2.14. The Balaban J connectivity index is 2.60. The highest BCUT2D eigenvalue weighted by Crippen LogP contribution is 2.35. The second kappa shape index (κ2) is 5.97. The molecule has 108 valence electrons. The van der Waals surface area contributed by atoms with Crippen LogP contribution in [-0.2, 0) is 13.6 Å². The number of imidazole rings is 1. The summed E-state index contributed by atoms with van der Waals surface area (Å²) in [6.45, 7) is 4.93. The van der Waals surface area contributed by atoms with Crippen molar-refractivity contribution in [3.8, 4) is 17.0 Å². The van der Waals surface area contributed by atoms with Crippen molar-refractivity contribution < 1.29 is 4.74 Å². The third-order valence-corrected chi connectivity index (χ3v) is 4.25. The molecule has 1 aromatic carbocycles. The second-order valence-electron chi connectivity index (χ2n) is 4.82. The minimum absolute atomic E-state index is 0.739. The van der Waals surface area contributed by atoms with E-state index >= 15 is 0 Å². The van der Waals surface area contributed by atoms with Crippen molar-refractivity contribution in [3.63, 3.8) is 0 Å². The number of nitrogens with zero attached hydrogens (tertiary/aromatic N) is 2. The third-order valence-electron chi connectivity index (χ3n) is 3.69. The molecule has 1 N–H and O–H groups in total. The molecule has 0 saturated carbocycles. The molecule has 0 fully saturated rings. The minimum Gasteiger partial charge on any atom is -0.496 e. The van der Waals surface area contributed by atoms with Gasteiger partial charge in [0.2, 0.25) is 0 Å². The van der Waals surface area contributed by atoms with Crippen LogP contribution < -0.4 is 10.1 Å². The molecule has 5 heteroatoms. The molecule has 0 amide bonds. The Labute approximate surface area is 128 Å². The molecule has 2 rings (SSSR count). The lowest BCUT2D eigenvalue weighted by atomic mass is 10.0. The maximum absolute atomic E-state index is 5.38. The molecule has 0 aliphatic heterocycles. The molecule has 0 bridgehead atoms. The highest BCUT2D eigenvalue weighted by molar-refractivity contribution is 9.10. The predicted octanol–water partition coefficient (Wildman–Crippen LogP) is 3.19. The monoisotopic (exact) mass is 337 g/mol. The fourth-order valence-corrected chi connectivity index (χ4v) is 3.07. The van der Waals surface area contributed by atoms with E-state index in [0.717, 1.165) is 34.0 Å². The fourth-order valence-electron chi connectivity index (χ4n) is 2.39. The quantitative estimate of drug-likeness (QED) is 0.931. The van der Waals surface area contributed by atoms with E-state index in [1.807, 2.05) is 20.2 Å². The molecule has 0 radical (unpaired) electrons. The first-order chi connectivity index (χ1) is 9.51. The van der Waals surface area contributed by atoms with Crippen LogP contribution in [0.25, 0.3) is 11.3 Å². The van der Waals surface area contributed by atoms with Gasteiger partial charge in [-0.05, 0) is 60.1 Å². The van der Waals surface area contributed by atoms with Gasteiger partial charge < -0.3 is 14.6 Å². The number of aromatic nitrogens is 2. The first kappa shape index (κ1) is 15.1. The van der Waals surface area contributed by atoms with Crippen molar-refractivity contribution in [2.75, 3.05) is 14.2 Å². The number of nitrogens with one attached hydrogen (secondary N) is 1. The zero-order chi connectivity index (χ0) is 14.9. The van der Waals surface area contributed by atoms with Gasteiger partial charge in [-0.3, -0.25) is 0 Å². The van der Waals surface area contributed by atoms with Crippen molar-refractivity contribution in [2.24, 2.45) is 7.05 Å². The van der Waals surface area contributed by atoms with Crippen molar-refractivity contribution in [1.82, 2.24) is 14.9 Å². The number of halogens is 1. The SMILES string of the molecule is CNCc1nc(Br)c(-c2ccc(OC)c(C)c2C)n1C. The smallest absolute Gasteiger partial charge is 0.132 e. The molecular formula is C15H20BrN3O. The fraction of sp³-hybridized carbons (Fsp3) is 0.400. The van der Waals surface area contributed by atoms with Crippen molar-refractivity contribution >= 4 is 15.9 Å². The molecular weight excluding hydrogens is 318 g/mol. The molecule has 0 saturated heterocycles. The number of methoxy groups -OCH3 is 1. The average Bonchev–Trinajstić information content (AvgIpc) is 2.69. The minimum atomic E-state index is 0.739. The highest BCUT2D eigenvalue weighted by atomic mass is 79.9. The van der Waals surface area contributed by atoms with Crippen LogP contribution in [0.3, 0.4) is 0 Å². The van der Waals surface area contributed by atoms with E-state index in [-0.39, 0.29) is 0 Å². The Kier molecular flexibility index (Phi) is 4.50. The second-order valence-corrected chi connectivity index (χ2v) is 5.57. The number of benzene rings is 1. The Hall–Kier alpha value is -1.33. The van der Waals surface area contributed by atoms with Crippen LogP contribution in [0, 0.1) is 13.8 Å². The van der Waals surface area contributed by atoms with E-state index < -0.39 is 0 Å². The van der Waals surface area contributed by atoms with E-state index in [1.165, 1.54) is 11.1 Å². The van der Waals surface area contributed by atoms with Gasteiger partial charge in [0.1, 0.15) is 16.2 Å². The van der Waals surface area contributed by atoms with Gasteiger partial charge in [0, 0.05) is 12.6 Å². The van der Waals surface area contributed by atoms with Crippen LogP contribution in [0.1, 0.15) is 17.0 Å². The lowest BCUT2D eigenvalue weighted by molar-refractivity contribution is 0.411. The lowest BCUT2D eigenvalue weighted by Crippen LogP contribution is -2.10. The molecule has 2 aromatic rings. The summed E-state index contributed by atoms with van der Waals surface area (Å²) in [5.41, 5.74) is 4.64. The molecule has 0 atom stereocenters. The average molecular weight is 338 g/mol. The van der Waals surface area contributed by atoms with E-state index in [2.05, 4.69) is 50.7 Å². The molecule has 0 aliphatic rings. The van der Waals surface area contributed by atoms with Gasteiger partial charge in [0.15, 0.2) is 0 Å². The summed E-state index contributed by atoms with van der Waals surface area (Å²) in [4.78, 5) is 4.58. The topological polar surface area (TPSA) is 39.1 Å². The van der Waals surface area contributed by atoms with E-state index in [0.29, 0.717) is 0 Å². The molecule has 20 heavy (non-hydrogen) atoms. The molecule has 1 heterocycles. The summed E-state index contributed by atoms with van der Waals surface area (Å²) in [6, 6.07) is 4.10.